The fraction of sp³-hybridized carbons (Fsp3) is 0.385. The lowest BCUT2D eigenvalue weighted by Gasteiger charge is -2.25. The van der Waals surface area contributed by atoms with Crippen molar-refractivity contribution in [1.29, 1.82) is 0 Å². The van der Waals surface area contributed by atoms with Crippen LogP contribution in [-0.4, -0.2) is 25.8 Å². The van der Waals surface area contributed by atoms with Crippen LogP contribution in [0.5, 0.6) is 0 Å². The second-order valence-electron chi connectivity index (χ2n) is 4.78. The van der Waals surface area contributed by atoms with E-state index >= 15 is 0 Å². The van der Waals surface area contributed by atoms with Gasteiger partial charge in [-0.05, 0) is 38.0 Å². The Labute approximate surface area is 118 Å². The summed E-state index contributed by atoms with van der Waals surface area (Å²) in [6, 6.07) is 3.03. The largest absolute Gasteiger partial charge is 0.398 e. The zero-order valence-electron chi connectivity index (χ0n) is 11.0. The van der Waals surface area contributed by atoms with Crippen LogP contribution in [0.3, 0.4) is 0 Å². The molecule has 0 saturated carbocycles. The van der Waals surface area contributed by atoms with Crippen molar-refractivity contribution in [2.45, 2.75) is 25.2 Å². The third-order valence-electron chi connectivity index (χ3n) is 3.38. The monoisotopic (exact) mass is 300 g/mol. The molecule has 1 aliphatic rings. The van der Waals surface area contributed by atoms with Gasteiger partial charge in [0.25, 0.3) is 0 Å². The summed E-state index contributed by atoms with van der Waals surface area (Å²) in [5.41, 5.74) is 7.96. The highest BCUT2D eigenvalue weighted by Gasteiger charge is 2.27. The standard InChI is InChI=1S/C13H17ClN2O2S/c1-9-3-5-16(6-4-9)19(17,18)13-8-11(14)7-12(15)10(13)2/h3,7-8H,4-6,15H2,1-2H3. The molecule has 1 aliphatic heterocycles. The summed E-state index contributed by atoms with van der Waals surface area (Å²) in [4.78, 5) is 0.199. The molecule has 2 rings (SSSR count). The van der Waals surface area contributed by atoms with E-state index in [-0.39, 0.29) is 4.90 Å². The smallest absolute Gasteiger partial charge is 0.243 e. The number of nitrogen functional groups attached to an aromatic ring is 1. The molecule has 0 spiro atoms. The first-order valence-corrected chi connectivity index (χ1v) is 7.85. The van der Waals surface area contributed by atoms with Crippen LogP contribution in [0, 0.1) is 6.92 Å². The maximum Gasteiger partial charge on any atom is 0.243 e. The van der Waals surface area contributed by atoms with Gasteiger partial charge in [0.15, 0.2) is 0 Å². The third-order valence-corrected chi connectivity index (χ3v) is 5.59. The van der Waals surface area contributed by atoms with E-state index in [0.717, 1.165) is 6.42 Å². The summed E-state index contributed by atoms with van der Waals surface area (Å²) < 4.78 is 26.7. The van der Waals surface area contributed by atoms with Crippen LogP contribution in [-0.2, 0) is 10.0 Å². The number of rotatable bonds is 2. The van der Waals surface area contributed by atoms with Crippen molar-refractivity contribution in [2.75, 3.05) is 18.8 Å². The van der Waals surface area contributed by atoms with Crippen LogP contribution in [0.4, 0.5) is 5.69 Å². The molecule has 19 heavy (non-hydrogen) atoms. The van der Waals surface area contributed by atoms with Gasteiger partial charge in [0.05, 0.1) is 4.90 Å². The van der Waals surface area contributed by atoms with Gasteiger partial charge in [-0.25, -0.2) is 8.42 Å². The zero-order valence-corrected chi connectivity index (χ0v) is 12.6. The molecule has 0 aliphatic carbocycles. The van der Waals surface area contributed by atoms with Crippen molar-refractivity contribution in [3.63, 3.8) is 0 Å². The fourth-order valence-electron chi connectivity index (χ4n) is 2.05. The van der Waals surface area contributed by atoms with Crippen LogP contribution in [0.1, 0.15) is 18.9 Å². The second-order valence-corrected chi connectivity index (χ2v) is 7.12. The predicted octanol–water partition coefficient (Wildman–Crippen LogP) is 2.57. The van der Waals surface area contributed by atoms with Gasteiger partial charge in [0.1, 0.15) is 0 Å². The number of nitrogens with zero attached hydrogens (tertiary/aromatic N) is 1. The highest BCUT2D eigenvalue weighted by Crippen LogP contribution is 2.29. The van der Waals surface area contributed by atoms with E-state index in [1.165, 1.54) is 15.9 Å². The summed E-state index contributed by atoms with van der Waals surface area (Å²) in [5, 5.41) is 0.338. The van der Waals surface area contributed by atoms with Gasteiger partial charge in [-0.1, -0.05) is 23.3 Å². The summed E-state index contributed by atoms with van der Waals surface area (Å²) in [5.74, 6) is 0. The number of nitrogens with two attached hydrogens (primary N) is 1. The molecule has 0 saturated heterocycles. The molecule has 1 aromatic carbocycles. The van der Waals surface area contributed by atoms with E-state index in [2.05, 4.69) is 0 Å². The zero-order chi connectivity index (χ0) is 14.2. The molecule has 1 heterocycles. The van der Waals surface area contributed by atoms with Crippen LogP contribution < -0.4 is 5.73 Å². The molecule has 4 nitrogen and oxygen atoms in total. The Balaban J connectivity index is 2.46. The average molecular weight is 301 g/mol. The van der Waals surface area contributed by atoms with Crippen molar-refractivity contribution < 1.29 is 8.42 Å². The van der Waals surface area contributed by atoms with Crippen molar-refractivity contribution in [3.8, 4) is 0 Å². The van der Waals surface area contributed by atoms with Gasteiger partial charge in [-0.3, -0.25) is 0 Å². The summed E-state index contributed by atoms with van der Waals surface area (Å²) in [7, 11) is -3.54. The van der Waals surface area contributed by atoms with Gasteiger partial charge in [0, 0.05) is 23.8 Å². The van der Waals surface area contributed by atoms with E-state index in [9.17, 15) is 8.42 Å². The molecular formula is C13H17ClN2O2S. The molecule has 0 unspecified atom stereocenters. The molecule has 2 N–H and O–H groups in total. The number of hydrogen-bond acceptors (Lipinski definition) is 3. The molecule has 0 bridgehead atoms. The van der Waals surface area contributed by atoms with Gasteiger partial charge < -0.3 is 5.73 Å². The number of halogens is 1. The van der Waals surface area contributed by atoms with Crippen molar-refractivity contribution in [2.24, 2.45) is 0 Å². The molecule has 0 atom stereocenters. The molecule has 0 fully saturated rings. The molecule has 0 aromatic heterocycles. The van der Waals surface area contributed by atoms with E-state index < -0.39 is 10.0 Å². The van der Waals surface area contributed by atoms with Crippen LogP contribution in [0.15, 0.2) is 28.7 Å². The maximum atomic E-state index is 12.6. The summed E-state index contributed by atoms with van der Waals surface area (Å²) in [6.07, 6.45) is 2.69. The lowest BCUT2D eigenvalue weighted by atomic mass is 10.1. The molecular weight excluding hydrogens is 284 g/mol. The molecule has 6 heteroatoms. The van der Waals surface area contributed by atoms with E-state index in [1.807, 2.05) is 13.0 Å². The first-order valence-electron chi connectivity index (χ1n) is 6.04. The molecule has 1 aromatic rings. The Morgan fingerprint density at radius 3 is 2.58 bits per heavy atom. The number of benzene rings is 1. The first kappa shape index (κ1) is 14.4. The summed E-state index contributed by atoms with van der Waals surface area (Å²) >= 11 is 5.92. The third kappa shape index (κ3) is 2.78. The van der Waals surface area contributed by atoms with Crippen molar-refractivity contribution >= 4 is 27.3 Å². The minimum absolute atomic E-state index is 0.199. The number of anilines is 1. The second kappa shape index (κ2) is 5.15. The Morgan fingerprint density at radius 1 is 1.32 bits per heavy atom. The molecule has 104 valence electrons. The van der Waals surface area contributed by atoms with E-state index in [0.29, 0.717) is 29.4 Å². The maximum absolute atomic E-state index is 12.6. The van der Waals surface area contributed by atoms with Crippen LogP contribution in [0.2, 0.25) is 5.02 Å². The minimum atomic E-state index is -3.54. The number of sulfonamides is 1. The van der Waals surface area contributed by atoms with Gasteiger partial charge >= 0.3 is 0 Å². The highest BCUT2D eigenvalue weighted by atomic mass is 35.5. The van der Waals surface area contributed by atoms with Gasteiger partial charge in [0.2, 0.25) is 10.0 Å². The Morgan fingerprint density at radius 2 is 2.00 bits per heavy atom. The van der Waals surface area contributed by atoms with Crippen LogP contribution >= 0.6 is 11.6 Å². The summed E-state index contributed by atoms with van der Waals surface area (Å²) in [6.45, 7) is 4.60. The average Bonchev–Trinajstić information content (AvgIpc) is 2.34. The normalized spacial score (nSPS) is 17.3. The Hall–Kier alpha value is -1.04. The first-order chi connectivity index (χ1) is 8.82. The van der Waals surface area contributed by atoms with Crippen molar-refractivity contribution in [1.82, 2.24) is 4.31 Å². The van der Waals surface area contributed by atoms with Gasteiger partial charge in [-0.2, -0.15) is 4.31 Å². The van der Waals surface area contributed by atoms with E-state index in [1.54, 1.807) is 13.0 Å². The molecule has 0 radical (unpaired) electrons. The lowest BCUT2D eigenvalue weighted by molar-refractivity contribution is 0.431. The van der Waals surface area contributed by atoms with Gasteiger partial charge in [-0.15, -0.1) is 0 Å². The quantitative estimate of drug-likeness (QED) is 0.674. The predicted molar refractivity (Wildman–Crippen MR) is 77.7 cm³/mol. The van der Waals surface area contributed by atoms with Crippen molar-refractivity contribution in [3.05, 3.63) is 34.4 Å². The van der Waals surface area contributed by atoms with E-state index in [4.69, 9.17) is 17.3 Å². The van der Waals surface area contributed by atoms with Crippen LogP contribution in [0.25, 0.3) is 0 Å². The SMILES string of the molecule is CC1=CCN(S(=O)(=O)c2cc(Cl)cc(N)c2C)CC1. The lowest BCUT2D eigenvalue weighted by Crippen LogP contribution is -2.35. The fourth-order valence-corrected chi connectivity index (χ4v) is 4.00. The Bertz CT molecular complexity index is 638. The molecule has 0 amide bonds. The minimum Gasteiger partial charge on any atom is -0.398 e. The Kier molecular flexibility index (Phi) is 3.90. The topological polar surface area (TPSA) is 63.4 Å². The number of hydrogen-bond donors (Lipinski definition) is 1. The highest BCUT2D eigenvalue weighted by molar-refractivity contribution is 7.89.